The minimum Gasteiger partial charge on any atom is -0.396 e. The molecule has 0 radical (unpaired) electrons. The molecule has 0 unspecified atom stereocenters. The molecule has 1 amide bonds. The van der Waals surface area contributed by atoms with Crippen molar-refractivity contribution in [1.29, 1.82) is 0 Å². The van der Waals surface area contributed by atoms with Crippen LogP contribution in [0.2, 0.25) is 0 Å². The lowest BCUT2D eigenvalue weighted by molar-refractivity contribution is 0.0573. The summed E-state index contributed by atoms with van der Waals surface area (Å²) in [6.45, 7) is 0.123. The van der Waals surface area contributed by atoms with Crippen molar-refractivity contribution >= 4 is 27.5 Å². The zero-order chi connectivity index (χ0) is 18.4. The lowest BCUT2D eigenvalue weighted by atomic mass is 9.70. The number of carbonyl (C=O) groups excluding carboxylic acids is 1. The predicted molar refractivity (Wildman–Crippen MR) is 107 cm³/mol. The number of aliphatic hydroxyl groups is 1. The van der Waals surface area contributed by atoms with E-state index in [-0.39, 0.29) is 30.0 Å². The van der Waals surface area contributed by atoms with Crippen LogP contribution in [0.4, 0.5) is 0 Å². The number of nitrogens with zero attached hydrogens (tertiary/aromatic N) is 2. The maximum atomic E-state index is 13.5. The highest BCUT2D eigenvalue weighted by molar-refractivity contribution is 7.17. The normalized spacial score (nSPS) is 26.8. The average molecular weight is 378 g/mol. The molecular weight excluding hydrogens is 356 g/mol. The second-order valence-electron chi connectivity index (χ2n) is 7.85. The fourth-order valence-corrected chi connectivity index (χ4v) is 6.00. The Balaban J connectivity index is 1.49. The van der Waals surface area contributed by atoms with E-state index < -0.39 is 0 Å². The van der Waals surface area contributed by atoms with Crippen molar-refractivity contribution in [3.05, 3.63) is 65.2 Å². The molecule has 1 N–H and O–H groups in total. The molecule has 3 heterocycles. The van der Waals surface area contributed by atoms with Crippen LogP contribution >= 0.6 is 11.3 Å². The van der Waals surface area contributed by atoms with Gasteiger partial charge in [0.15, 0.2) is 0 Å². The fourth-order valence-electron chi connectivity index (χ4n) is 5.21. The first-order valence-corrected chi connectivity index (χ1v) is 10.4. The number of thiazole rings is 1. The number of fused-ring (bicyclic) bond motifs is 3. The Labute approximate surface area is 162 Å². The second kappa shape index (κ2) is 6.43. The van der Waals surface area contributed by atoms with Crippen molar-refractivity contribution in [2.45, 2.75) is 37.8 Å². The van der Waals surface area contributed by atoms with Crippen molar-refractivity contribution < 1.29 is 9.90 Å². The van der Waals surface area contributed by atoms with Gasteiger partial charge in [-0.3, -0.25) is 4.79 Å². The topological polar surface area (TPSA) is 53.4 Å². The van der Waals surface area contributed by atoms with Crippen molar-refractivity contribution in [1.82, 2.24) is 9.88 Å². The summed E-state index contributed by atoms with van der Waals surface area (Å²) in [7, 11) is 0. The Morgan fingerprint density at radius 3 is 2.85 bits per heavy atom. The number of benzene rings is 2. The van der Waals surface area contributed by atoms with Crippen LogP contribution in [-0.4, -0.2) is 39.6 Å². The molecule has 2 fully saturated rings. The minimum atomic E-state index is -0.235. The van der Waals surface area contributed by atoms with E-state index in [9.17, 15) is 9.90 Å². The summed E-state index contributed by atoms with van der Waals surface area (Å²) in [5.41, 5.74) is 4.43. The van der Waals surface area contributed by atoms with Crippen LogP contribution in [0.1, 0.15) is 35.2 Å². The van der Waals surface area contributed by atoms with E-state index in [0.29, 0.717) is 0 Å². The third-order valence-electron chi connectivity index (χ3n) is 6.39. The van der Waals surface area contributed by atoms with Gasteiger partial charge in [0.2, 0.25) is 0 Å². The van der Waals surface area contributed by atoms with Gasteiger partial charge in [-0.1, -0.05) is 36.4 Å². The summed E-state index contributed by atoms with van der Waals surface area (Å²) in [6, 6.07) is 16.4. The number of carbonyl (C=O) groups is 1. The van der Waals surface area contributed by atoms with Gasteiger partial charge in [0, 0.05) is 17.5 Å². The molecule has 2 aromatic carbocycles. The number of amides is 1. The van der Waals surface area contributed by atoms with Crippen molar-refractivity contribution in [2.24, 2.45) is 5.41 Å². The first kappa shape index (κ1) is 16.9. The van der Waals surface area contributed by atoms with Gasteiger partial charge in [-0.2, -0.15) is 0 Å². The Morgan fingerprint density at radius 1 is 1.19 bits per heavy atom. The van der Waals surface area contributed by atoms with Crippen molar-refractivity contribution in [3.8, 4) is 0 Å². The third kappa shape index (κ3) is 2.60. The number of rotatable bonds is 4. The van der Waals surface area contributed by atoms with Crippen molar-refractivity contribution in [3.63, 3.8) is 0 Å². The zero-order valence-corrected chi connectivity index (χ0v) is 15.9. The minimum absolute atomic E-state index is 0.0979. The number of hydrogen-bond acceptors (Lipinski definition) is 4. The molecule has 27 heavy (non-hydrogen) atoms. The van der Waals surface area contributed by atoms with Crippen molar-refractivity contribution in [2.75, 3.05) is 6.61 Å². The molecule has 0 aliphatic carbocycles. The summed E-state index contributed by atoms with van der Waals surface area (Å²) in [6.07, 6.45) is 3.71. The summed E-state index contributed by atoms with van der Waals surface area (Å²) >= 11 is 1.52. The monoisotopic (exact) mass is 378 g/mol. The van der Waals surface area contributed by atoms with Gasteiger partial charge in [0.25, 0.3) is 5.91 Å². The quantitative estimate of drug-likeness (QED) is 0.749. The van der Waals surface area contributed by atoms with Crippen LogP contribution in [0.5, 0.6) is 0 Å². The number of aliphatic hydroxyl groups excluding tert-OH is 1. The smallest absolute Gasteiger partial charge is 0.255 e. The van der Waals surface area contributed by atoms with Crippen LogP contribution in [0, 0.1) is 5.41 Å². The SMILES string of the molecule is O=C(c1cccc2ncsc12)N1[C@@H]2CC[C@H]1[C@](CO)(Cc1ccccc1)C2. The van der Waals surface area contributed by atoms with Crippen LogP contribution in [0.15, 0.2) is 54.0 Å². The second-order valence-corrected chi connectivity index (χ2v) is 8.71. The van der Waals surface area contributed by atoms with Crippen LogP contribution in [0.25, 0.3) is 10.2 Å². The van der Waals surface area contributed by atoms with E-state index in [0.717, 1.165) is 41.5 Å². The molecule has 5 rings (SSSR count). The maximum absolute atomic E-state index is 13.5. The van der Waals surface area contributed by atoms with E-state index in [1.807, 2.05) is 36.4 Å². The fraction of sp³-hybridized carbons (Fsp3) is 0.364. The highest BCUT2D eigenvalue weighted by Crippen LogP contribution is 2.52. The van der Waals surface area contributed by atoms with Gasteiger partial charge in [0.05, 0.1) is 27.9 Å². The summed E-state index contributed by atoms with van der Waals surface area (Å²) in [5, 5.41) is 10.4. The van der Waals surface area contributed by atoms with Gasteiger partial charge < -0.3 is 10.0 Å². The van der Waals surface area contributed by atoms with E-state index in [1.54, 1.807) is 5.51 Å². The first-order valence-electron chi connectivity index (χ1n) is 9.51. The molecule has 3 aromatic rings. The Morgan fingerprint density at radius 2 is 2.04 bits per heavy atom. The molecule has 2 saturated heterocycles. The Bertz CT molecular complexity index is 986. The first-order chi connectivity index (χ1) is 13.2. The van der Waals surface area contributed by atoms with E-state index >= 15 is 0 Å². The molecular formula is C22H22N2O2S. The van der Waals surface area contributed by atoms with E-state index in [1.165, 1.54) is 16.9 Å². The number of aromatic nitrogens is 1. The van der Waals surface area contributed by atoms with Crippen LogP contribution in [-0.2, 0) is 6.42 Å². The molecule has 0 spiro atoms. The summed E-state index contributed by atoms with van der Waals surface area (Å²) in [4.78, 5) is 19.9. The lowest BCUT2D eigenvalue weighted by Gasteiger charge is -2.36. The molecule has 0 saturated carbocycles. The zero-order valence-electron chi connectivity index (χ0n) is 15.0. The molecule has 1 aromatic heterocycles. The maximum Gasteiger partial charge on any atom is 0.255 e. The summed E-state index contributed by atoms with van der Waals surface area (Å²) in [5.74, 6) is 0.0979. The predicted octanol–water partition coefficient (Wildman–Crippen LogP) is 3.89. The summed E-state index contributed by atoms with van der Waals surface area (Å²) < 4.78 is 0.964. The highest BCUT2D eigenvalue weighted by Gasteiger charge is 2.57. The standard InChI is InChI=1S/C22H22N2O2S/c25-13-22(11-15-5-2-1-3-6-15)12-16-9-10-19(22)24(16)21(26)17-7-4-8-18-20(17)27-14-23-18/h1-8,14,16,19,25H,9-13H2/t16-,19+,22-/m1/s1. The third-order valence-corrected chi connectivity index (χ3v) is 7.26. The molecule has 138 valence electrons. The van der Waals surface area contributed by atoms with Gasteiger partial charge in [0.1, 0.15) is 0 Å². The van der Waals surface area contributed by atoms with Gasteiger partial charge in [-0.15, -0.1) is 11.3 Å². The molecule has 5 heteroatoms. The van der Waals surface area contributed by atoms with E-state index in [4.69, 9.17) is 0 Å². The molecule has 2 aliphatic heterocycles. The highest BCUT2D eigenvalue weighted by atomic mass is 32.1. The largest absolute Gasteiger partial charge is 0.396 e. The van der Waals surface area contributed by atoms with Gasteiger partial charge in [-0.25, -0.2) is 4.98 Å². The lowest BCUT2D eigenvalue weighted by Crippen LogP contribution is -2.44. The van der Waals surface area contributed by atoms with Crippen LogP contribution in [0.3, 0.4) is 0 Å². The Hall–Kier alpha value is -2.24. The molecule has 3 atom stereocenters. The number of hydrogen-bond donors (Lipinski definition) is 1. The molecule has 2 bridgehead atoms. The Kier molecular flexibility index (Phi) is 4.02. The molecule has 4 nitrogen and oxygen atoms in total. The van der Waals surface area contributed by atoms with Crippen LogP contribution < -0.4 is 0 Å². The van der Waals surface area contributed by atoms with Gasteiger partial charge >= 0.3 is 0 Å². The van der Waals surface area contributed by atoms with Gasteiger partial charge in [-0.05, 0) is 43.4 Å². The average Bonchev–Trinajstić information content (AvgIpc) is 3.41. The molecule has 2 aliphatic rings. The van der Waals surface area contributed by atoms with E-state index in [2.05, 4.69) is 22.0 Å².